The largest absolute Gasteiger partial charge is 0.412 e. The highest BCUT2D eigenvalue weighted by atomic mass is 32.1. The summed E-state index contributed by atoms with van der Waals surface area (Å²) in [7, 11) is -2.34. The van der Waals surface area contributed by atoms with Crippen molar-refractivity contribution in [3.8, 4) is 0 Å². The van der Waals surface area contributed by atoms with Crippen LogP contribution in [0.15, 0.2) is 22.6 Å². The number of thiazole rings is 1. The quantitative estimate of drug-likeness (QED) is 0.270. The maximum absolute atomic E-state index is 14.0. The maximum atomic E-state index is 14.0. The van der Waals surface area contributed by atoms with Crippen LogP contribution in [0.1, 0.15) is 105 Å². The zero-order chi connectivity index (χ0) is 31.3. The van der Waals surface area contributed by atoms with Gasteiger partial charge in [0.25, 0.3) is 0 Å². The van der Waals surface area contributed by atoms with Gasteiger partial charge in [0.2, 0.25) is 5.91 Å². The molecule has 1 aromatic heterocycles. The minimum Gasteiger partial charge on any atom is -0.412 e. The number of carbonyl (C=O) groups excluding carboxylic acids is 2. The zero-order valence-corrected chi connectivity index (χ0v) is 29.5. The molecule has 5 atom stereocenters. The summed E-state index contributed by atoms with van der Waals surface area (Å²) in [5.41, 5.74) is 2.20. The lowest BCUT2D eigenvalue weighted by atomic mass is 9.73. The number of Topliss-reactive ketones (excluding diaryl/α,β-unsaturated/α-hetero) is 1. The summed E-state index contributed by atoms with van der Waals surface area (Å²) in [6.45, 7) is 24.6. The van der Waals surface area contributed by atoms with Crippen LogP contribution in [0.3, 0.4) is 0 Å². The third kappa shape index (κ3) is 9.70. The van der Waals surface area contributed by atoms with Crippen molar-refractivity contribution >= 4 is 37.4 Å². The molecule has 0 aliphatic carbocycles. The monoisotopic (exact) mass is 604 g/mol. The Labute approximate surface area is 254 Å². The van der Waals surface area contributed by atoms with E-state index in [2.05, 4.69) is 63.2 Å². The molecule has 0 fully saturated rings. The highest BCUT2D eigenvalue weighted by molar-refractivity contribution is 7.09. The van der Waals surface area contributed by atoms with E-state index in [0.717, 1.165) is 35.5 Å². The third-order valence-electron chi connectivity index (χ3n) is 9.34. The topological polar surface area (TPSA) is 88.5 Å². The first-order valence-electron chi connectivity index (χ1n) is 15.2. The minimum absolute atomic E-state index is 0.00564. The molecule has 0 aromatic carbocycles. The second-order valence-corrected chi connectivity index (χ2v) is 20.2. The van der Waals surface area contributed by atoms with E-state index >= 15 is 0 Å². The average Bonchev–Trinajstić information content (AvgIpc) is 3.26. The van der Waals surface area contributed by atoms with Crippen LogP contribution < -0.4 is 5.32 Å². The Balaban J connectivity index is 2.54. The molecule has 6 nitrogen and oxygen atoms in total. The molecule has 0 unspecified atom stereocenters. The van der Waals surface area contributed by atoms with Crippen LogP contribution in [0.5, 0.6) is 0 Å². The van der Waals surface area contributed by atoms with Crippen LogP contribution in [0, 0.1) is 24.2 Å². The molecule has 0 saturated heterocycles. The molecule has 2 rings (SSSR count). The van der Waals surface area contributed by atoms with Crippen molar-refractivity contribution in [1.29, 1.82) is 0 Å². The van der Waals surface area contributed by atoms with E-state index in [1.807, 2.05) is 46.9 Å². The number of allylic oxidation sites excluding steroid dienone is 1. The van der Waals surface area contributed by atoms with Crippen molar-refractivity contribution in [3.63, 3.8) is 0 Å². The SMILES string of the molecule is C/C1=C/CCC[C@H](C)[C@@H](O)[C@H](C)C(=O)C(C)(C)[C@@H](O[Si](C)(C)C(C)(C)C)CC(=O)N[C@H](/C(C)=C/c2csc(C)n2)C1. The van der Waals surface area contributed by atoms with E-state index in [4.69, 9.17) is 4.43 Å². The maximum Gasteiger partial charge on any atom is 0.223 e. The predicted molar refractivity (Wildman–Crippen MR) is 174 cm³/mol. The number of nitrogens with one attached hydrogen (secondary N) is 1. The molecular formula is C33H56N2O4SSi. The number of aryl methyl sites for hydroxylation is 1. The van der Waals surface area contributed by atoms with Gasteiger partial charge in [-0.25, -0.2) is 4.98 Å². The second kappa shape index (κ2) is 14.2. The first kappa shape index (κ1) is 35.6. The lowest BCUT2D eigenvalue weighted by Gasteiger charge is -2.44. The van der Waals surface area contributed by atoms with Gasteiger partial charge in [-0.1, -0.05) is 60.1 Å². The Morgan fingerprint density at radius 1 is 1.20 bits per heavy atom. The summed E-state index contributed by atoms with van der Waals surface area (Å²) in [5, 5.41) is 17.4. The summed E-state index contributed by atoms with van der Waals surface area (Å²) in [4.78, 5) is 32.4. The van der Waals surface area contributed by atoms with Gasteiger partial charge in [-0.15, -0.1) is 11.3 Å². The number of carbonyl (C=O) groups is 2. The smallest absolute Gasteiger partial charge is 0.223 e. The van der Waals surface area contributed by atoms with Gasteiger partial charge in [-0.3, -0.25) is 9.59 Å². The molecule has 2 N–H and O–H groups in total. The Bertz CT molecular complexity index is 1110. The second-order valence-electron chi connectivity index (χ2n) is 14.4. The number of ketones is 1. The van der Waals surface area contributed by atoms with Gasteiger partial charge >= 0.3 is 0 Å². The van der Waals surface area contributed by atoms with Crippen molar-refractivity contribution in [3.05, 3.63) is 33.3 Å². The van der Waals surface area contributed by atoms with Gasteiger partial charge in [-0.05, 0) is 82.2 Å². The molecule has 232 valence electrons. The molecule has 0 saturated carbocycles. The van der Waals surface area contributed by atoms with Gasteiger partial charge in [0, 0.05) is 16.7 Å². The normalized spacial score (nSPS) is 29.5. The van der Waals surface area contributed by atoms with E-state index in [1.54, 1.807) is 11.3 Å². The first-order valence-corrected chi connectivity index (χ1v) is 19.0. The number of nitrogens with zero attached hydrogens (tertiary/aromatic N) is 1. The van der Waals surface area contributed by atoms with Crippen molar-refractivity contribution in [2.24, 2.45) is 17.3 Å². The standard InChI is InChI=1S/C33H56N2O4SSi/c1-21-15-13-14-16-22(2)30(37)24(4)31(38)33(9,10)28(39-41(11,12)32(6,7)8)19-29(36)35-27(17-21)23(3)18-26-20-40-25(5)34-26/h15,18,20,22,24,27-28,30,37H,13-14,16-17,19H2,1-12H3,(H,35,36)/b21-15-,23-18+/t22-,24-,27-,28-,30+/m0/s1. The number of aliphatic hydroxyl groups is 1. The number of aromatic nitrogens is 1. The van der Waals surface area contributed by atoms with Gasteiger partial charge < -0.3 is 14.8 Å². The van der Waals surface area contributed by atoms with Crippen molar-refractivity contribution in [1.82, 2.24) is 10.3 Å². The molecule has 0 radical (unpaired) electrons. The Hall–Kier alpha value is -1.61. The Kier molecular flexibility index (Phi) is 12.4. The number of rotatable bonds is 4. The molecular weight excluding hydrogens is 549 g/mol. The van der Waals surface area contributed by atoms with Crippen LogP contribution >= 0.6 is 11.3 Å². The van der Waals surface area contributed by atoms with Crippen LogP contribution in [0.4, 0.5) is 0 Å². The molecule has 41 heavy (non-hydrogen) atoms. The number of amides is 1. The van der Waals surface area contributed by atoms with Crippen LogP contribution in [-0.2, 0) is 14.0 Å². The lowest BCUT2D eigenvalue weighted by molar-refractivity contribution is -0.142. The van der Waals surface area contributed by atoms with E-state index in [-0.39, 0.29) is 35.1 Å². The minimum atomic E-state index is -2.34. The molecule has 1 amide bonds. The van der Waals surface area contributed by atoms with Crippen molar-refractivity contribution in [2.45, 2.75) is 138 Å². The molecule has 1 aromatic rings. The first-order chi connectivity index (χ1) is 18.8. The molecule has 1 aliphatic heterocycles. The molecule has 8 heteroatoms. The van der Waals surface area contributed by atoms with Gasteiger partial charge in [0.1, 0.15) is 5.78 Å². The molecule has 0 spiro atoms. The van der Waals surface area contributed by atoms with E-state index in [1.165, 1.54) is 5.57 Å². The molecule has 0 bridgehead atoms. The van der Waals surface area contributed by atoms with E-state index in [9.17, 15) is 14.7 Å². The van der Waals surface area contributed by atoms with E-state index < -0.39 is 31.9 Å². The van der Waals surface area contributed by atoms with Gasteiger partial charge in [0.05, 0.1) is 35.4 Å². The van der Waals surface area contributed by atoms with Crippen LogP contribution in [-0.4, -0.2) is 48.3 Å². The molecule has 1 aliphatic rings. The fourth-order valence-corrected chi connectivity index (χ4v) is 7.28. The summed E-state index contributed by atoms with van der Waals surface area (Å²) in [6, 6.07) is -0.194. The number of hydrogen-bond donors (Lipinski definition) is 2. The van der Waals surface area contributed by atoms with Crippen LogP contribution in [0.25, 0.3) is 6.08 Å². The highest BCUT2D eigenvalue weighted by Crippen LogP contribution is 2.42. The predicted octanol–water partition coefficient (Wildman–Crippen LogP) is 7.87. The van der Waals surface area contributed by atoms with Gasteiger partial charge in [0.15, 0.2) is 8.32 Å². The van der Waals surface area contributed by atoms with Crippen molar-refractivity contribution < 1.29 is 19.1 Å². The van der Waals surface area contributed by atoms with Crippen molar-refractivity contribution in [2.75, 3.05) is 0 Å². The lowest BCUT2D eigenvalue weighted by Crippen LogP contribution is -2.53. The summed E-state index contributed by atoms with van der Waals surface area (Å²) in [6.07, 6.45) is 6.39. The average molecular weight is 605 g/mol. The summed E-state index contributed by atoms with van der Waals surface area (Å²) in [5.74, 6) is -0.752. The third-order valence-corrected chi connectivity index (χ3v) is 14.6. The zero-order valence-electron chi connectivity index (χ0n) is 27.7. The Morgan fingerprint density at radius 2 is 1.83 bits per heavy atom. The highest BCUT2D eigenvalue weighted by Gasteiger charge is 2.48. The fourth-order valence-electron chi connectivity index (χ4n) is 5.26. The molecule has 2 heterocycles. The Morgan fingerprint density at radius 3 is 2.39 bits per heavy atom. The van der Waals surface area contributed by atoms with Crippen LogP contribution in [0.2, 0.25) is 18.1 Å². The van der Waals surface area contributed by atoms with E-state index in [0.29, 0.717) is 6.42 Å². The van der Waals surface area contributed by atoms with Gasteiger partial charge in [-0.2, -0.15) is 0 Å². The number of hydrogen-bond acceptors (Lipinski definition) is 6. The number of aliphatic hydroxyl groups excluding tert-OH is 1. The fraction of sp³-hybridized carbons (Fsp3) is 0.727. The summed E-state index contributed by atoms with van der Waals surface area (Å²) < 4.78 is 6.87. The summed E-state index contributed by atoms with van der Waals surface area (Å²) >= 11 is 1.61.